The van der Waals surface area contributed by atoms with Crippen molar-refractivity contribution in [2.75, 3.05) is 18.0 Å². The molecule has 0 spiro atoms. The number of hydrogen-bond donors (Lipinski definition) is 1. The number of β-amino-alcohol motifs (C(OH)–C–C–N with tert-alkyl or cyclic N) is 1. The van der Waals surface area contributed by atoms with Crippen LogP contribution in [0.4, 0.5) is 5.82 Å². The summed E-state index contributed by atoms with van der Waals surface area (Å²) >= 11 is 0. The molecule has 1 N–H and O–H groups in total. The smallest absolute Gasteiger partial charge is 0.151 e. The summed E-state index contributed by atoms with van der Waals surface area (Å²) in [6, 6.07) is 16.9. The summed E-state index contributed by atoms with van der Waals surface area (Å²) in [4.78, 5) is 12.4. The van der Waals surface area contributed by atoms with Crippen LogP contribution in [0.3, 0.4) is 0 Å². The van der Waals surface area contributed by atoms with E-state index >= 15 is 0 Å². The van der Waals surface area contributed by atoms with Crippen molar-refractivity contribution in [1.29, 1.82) is 0 Å². The maximum atomic E-state index is 10.5. The molecule has 1 unspecified atom stereocenters. The first-order chi connectivity index (χ1) is 15.0. The number of allylic oxidation sites excluding steroid dienone is 1. The summed E-state index contributed by atoms with van der Waals surface area (Å²) in [5, 5.41) is 10.5. The van der Waals surface area contributed by atoms with Gasteiger partial charge in [0.25, 0.3) is 0 Å². The number of fused-ring (bicyclic) bond motifs is 1. The highest BCUT2D eigenvalue weighted by molar-refractivity contribution is 5.80. The lowest BCUT2D eigenvalue weighted by Gasteiger charge is -2.33. The van der Waals surface area contributed by atoms with Gasteiger partial charge in [-0.2, -0.15) is 0 Å². The number of benzene rings is 2. The van der Waals surface area contributed by atoms with Crippen LogP contribution in [0.1, 0.15) is 36.1 Å². The molecule has 1 aliphatic heterocycles. The molecule has 31 heavy (non-hydrogen) atoms. The Hall–Kier alpha value is -2.98. The zero-order valence-electron chi connectivity index (χ0n) is 18.5. The summed E-state index contributed by atoms with van der Waals surface area (Å²) in [7, 11) is 0. The minimum absolute atomic E-state index is 0.419. The first-order valence-electron chi connectivity index (χ1n) is 11.1. The van der Waals surface area contributed by atoms with Gasteiger partial charge >= 0.3 is 0 Å². The van der Waals surface area contributed by atoms with Crippen molar-refractivity contribution >= 4 is 5.82 Å². The van der Waals surface area contributed by atoms with Crippen LogP contribution in [0.2, 0.25) is 0 Å². The first kappa shape index (κ1) is 21.3. The molecular formula is C27H31N3O. The Bertz CT molecular complexity index is 1040. The Balaban J connectivity index is 1.80. The predicted molar refractivity (Wildman–Crippen MR) is 128 cm³/mol. The van der Waals surface area contributed by atoms with Gasteiger partial charge in [-0.05, 0) is 33.1 Å². The third-order valence-electron chi connectivity index (χ3n) is 5.84. The molecule has 0 radical (unpaired) electrons. The SMILES string of the molecule is C=CCCCCN1CC(O)Cc2nc(-c3ccc(C)cc3)c(-c3ccc(C)cc3)nc21. The third kappa shape index (κ3) is 4.86. The fraction of sp³-hybridized carbons (Fsp3) is 0.333. The van der Waals surface area contributed by atoms with Crippen molar-refractivity contribution in [1.82, 2.24) is 9.97 Å². The maximum Gasteiger partial charge on any atom is 0.151 e. The summed E-state index contributed by atoms with van der Waals surface area (Å²) < 4.78 is 0. The highest BCUT2D eigenvalue weighted by Crippen LogP contribution is 2.35. The largest absolute Gasteiger partial charge is 0.391 e. The molecule has 4 rings (SSSR count). The predicted octanol–water partition coefficient (Wildman–Crippen LogP) is 5.51. The molecule has 0 saturated carbocycles. The number of nitrogens with zero attached hydrogens (tertiary/aromatic N) is 3. The molecule has 1 atom stereocenters. The molecule has 1 aliphatic rings. The lowest BCUT2D eigenvalue weighted by atomic mass is 10.00. The maximum absolute atomic E-state index is 10.5. The fourth-order valence-corrected chi connectivity index (χ4v) is 4.09. The van der Waals surface area contributed by atoms with Crippen LogP contribution < -0.4 is 4.90 Å². The molecule has 0 saturated heterocycles. The van der Waals surface area contributed by atoms with Gasteiger partial charge in [0.2, 0.25) is 0 Å². The van der Waals surface area contributed by atoms with Crippen molar-refractivity contribution in [2.24, 2.45) is 0 Å². The Morgan fingerprint density at radius 2 is 1.52 bits per heavy atom. The number of aryl methyl sites for hydroxylation is 2. The van der Waals surface area contributed by atoms with E-state index in [-0.39, 0.29) is 0 Å². The van der Waals surface area contributed by atoms with Crippen LogP contribution in [-0.2, 0) is 6.42 Å². The van der Waals surface area contributed by atoms with Crippen LogP contribution in [0.15, 0.2) is 61.2 Å². The number of aliphatic hydroxyl groups is 1. The third-order valence-corrected chi connectivity index (χ3v) is 5.84. The highest BCUT2D eigenvalue weighted by Gasteiger charge is 2.27. The van der Waals surface area contributed by atoms with Gasteiger partial charge in [0, 0.05) is 30.6 Å². The van der Waals surface area contributed by atoms with E-state index in [1.165, 1.54) is 11.1 Å². The van der Waals surface area contributed by atoms with Crippen LogP contribution in [0, 0.1) is 13.8 Å². The summed E-state index contributed by atoms with van der Waals surface area (Å²) in [6.45, 7) is 9.46. The van der Waals surface area contributed by atoms with E-state index in [0.29, 0.717) is 13.0 Å². The van der Waals surface area contributed by atoms with Crippen molar-refractivity contribution in [2.45, 2.75) is 45.6 Å². The van der Waals surface area contributed by atoms with Crippen LogP contribution in [0.5, 0.6) is 0 Å². The van der Waals surface area contributed by atoms with E-state index in [2.05, 4.69) is 73.9 Å². The van der Waals surface area contributed by atoms with Crippen molar-refractivity contribution in [3.8, 4) is 22.5 Å². The molecule has 4 nitrogen and oxygen atoms in total. The minimum atomic E-state index is -0.419. The average molecular weight is 414 g/mol. The normalized spacial score (nSPS) is 15.6. The van der Waals surface area contributed by atoms with Gasteiger partial charge in [0.15, 0.2) is 5.82 Å². The quantitative estimate of drug-likeness (QED) is 0.410. The lowest BCUT2D eigenvalue weighted by molar-refractivity contribution is 0.173. The van der Waals surface area contributed by atoms with Crippen LogP contribution in [-0.4, -0.2) is 34.3 Å². The second kappa shape index (κ2) is 9.44. The van der Waals surface area contributed by atoms with E-state index in [1.807, 2.05) is 6.08 Å². The topological polar surface area (TPSA) is 49.2 Å². The molecule has 1 aromatic heterocycles. The second-order valence-corrected chi connectivity index (χ2v) is 8.51. The Morgan fingerprint density at radius 1 is 0.935 bits per heavy atom. The number of rotatable bonds is 7. The van der Waals surface area contributed by atoms with Gasteiger partial charge in [0.05, 0.1) is 23.2 Å². The molecule has 0 bridgehead atoms. The molecule has 4 heteroatoms. The molecule has 2 heterocycles. The standard InChI is InChI=1S/C27H31N3O/c1-4-5-6-7-16-30-18-23(31)17-24-27(30)29-26(22-14-10-20(3)11-15-22)25(28-24)21-12-8-19(2)9-13-21/h4,8-15,23,31H,1,5-7,16-18H2,2-3H3. The van der Waals surface area contributed by atoms with E-state index in [9.17, 15) is 5.11 Å². The van der Waals surface area contributed by atoms with Crippen molar-refractivity contribution < 1.29 is 5.11 Å². The van der Waals surface area contributed by atoms with Crippen molar-refractivity contribution in [3.63, 3.8) is 0 Å². The minimum Gasteiger partial charge on any atom is -0.391 e. The van der Waals surface area contributed by atoms with Gasteiger partial charge in [-0.25, -0.2) is 9.97 Å². The summed E-state index contributed by atoms with van der Waals surface area (Å²) in [6.07, 6.45) is 5.22. The van der Waals surface area contributed by atoms with E-state index < -0.39 is 6.10 Å². The summed E-state index contributed by atoms with van der Waals surface area (Å²) in [5.74, 6) is 0.912. The number of anilines is 1. The average Bonchev–Trinajstić information content (AvgIpc) is 2.77. The molecule has 3 aromatic rings. The highest BCUT2D eigenvalue weighted by atomic mass is 16.3. The molecule has 160 valence electrons. The lowest BCUT2D eigenvalue weighted by Crippen LogP contribution is -2.40. The molecular weight excluding hydrogens is 382 g/mol. The second-order valence-electron chi connectivity index (χ2n) is 8.51. The van der Waals surface area contributed by atoms with Gasteiger partial charge in [0.1, 0.15) is 0 Å². The number of hydrogen-bond acceptors (Lipinski definition) is 4. The first-order valence-corrected chi connectivity index (χ1v) is 11.1. The van der Waals surface area contributed by atoms with E-state index in [1.54, 1.807) is 0 Å². The van der Waals surface area contributed by atoms with Gasteiger partial charge in [-0.3, -0.25) is 0 Å². The van der Waals surface area contributed by atoms with Gasteiger partial charge < -0.3 is 10.0 Å². The Morgan fingerprint density at radius 3 is 2.10 bits per heavy atom. The number of aromatic nitrogens is 2. The van der Waals surface area contributed by atoms with Gasteiger partial charge in [-0.15, -0.1) is 6.58 Å². The zero-order chi connectivity index (χ0) is 21.8. The molecule has 0 amide bonds. The Kier molecular flexibility index (Phi) is 6.47. The van der Waals surface area contributed by atoms with E-state index in [4.69, 9.17) is 9.97 Å². The number of unbranched alkanes of at least 4 members (excludes halogenated alkanes) is 2. The van der Waals surface area contributed by atoms with Crippen LogP contribution in [0.25, 0.3) is 22.5 Å². The zero-order valence-corrected chi connectivity index (χ0v) is 18.5. The number of aliphatic hydroxyl groups excluding tert-OH is 1. The molecule has 0 fully saturated rings. The molecule has 0 aliphatic carbocycles. The summed E-state index contributed by atoms with van der Waals surface area (Å²) in [5.41, 5.74) is 7.21. The monoisotopic (exact) mass is 413 g/mol. The van der Waals surface area contributed by atoms with Gasteiger partial charge in [-0.1, -0.05) is 65.7 Å². The van der Waals surface area contributed by atoms with E-state index in [0.717, 1.165) is 59.8 Å². The fourth-order valence-electron chi connectivity index (χ4n) is 4.09. The van der Waals surface area contributed by atoms with Crippen LogP contribution >= 0.6 is 0 Å². The molecule has 2 aromatic carbocycles. The van der Waals surface area contributed by atoms with Crippen molar-refractivity contribution in [3.05, 3.63) is 78.0 Å². The Labute approximate surface area is 185 Å².